The topological polar surface area (TPSA) is 97.6 Å². The van der Waals surface area contributed by atoms with Gasteiger partial charge in [0, 0.05) is 24.7 Å². The van der Waals surface area contributed by atoms with Crippen LogP contribution in [-0.2, 0) is 39.2 Å². The number of halogens is 1. The predicted molar refractivity (Wildman–Crippen MR) is 132 cm³/mol. The maximum absolute atomic E-state index is 13.2. The van der Waals surface area contributed by atoms with E-state index in [1.807, 2.05) is 48.2 Å². The molecule has 1 saturated heterocycles. The first-order chi connectivity index (χ1) is 16.7. The van der Waals surface area contributed by atoms with E-state index >= 15 is 0 Å². The lowest BCUT2D eigenvalue weighted by Crippen LogP contribution is -2.48. The van der Waals surface area contributed by atoms with Crippen molar-refractivity contribution in [2.45, 2.75) is 32.6 Å². The summed E-state index contributed by atoms with van der Waals surface area (Å²) in [6, 6.07) is 14.4. The van der Waals surface area contributed by atoms with Gasteiger partial charge in [-0.3, -0.25) is 9.69 Å². The molecule has 2 heterocycles. The van der Waals surface area contributed by atoms with Crippen molar-refractivity contribution < 1.29 is 17.9 Å². The van der Waals surface area contributed by atoms with E-state index in [4.69, 9.17) is 16.3 Å². The quantitative estimate of drug-likeness (QED) is 0.444. The van der Waals surface area contributed by atoms with Crippen LogP contribution in [0.4, 0.5) is 0 Å². The summed E-state index contributed by atoms with van der Waals surface area (Å²) in [5, 5.41) is 8.94. The van der Waals surface area contributed by atoms with Crippen LogP contribution < -0.4 is 0 Å². The van der Waals surface area contributed by atoms with Crippen LogP contribution >= 0.6 is 11.6 Å². The molecule has 0 N–H and O–H groups in total. The van der Waals surface area contributed by atoms with Crippen LogP contribution in [0.5, 0.6) is 0 Å². The lowest BCUT2D eigenvalue weighted by Gasteiger charge is -2.28. The number of benzene rings is 2. The molecule has 0 spiro atoms. The monoisotopic (exact) mass is 517 g/mol. The second-order valence-electron chi connectivity index (χ2n) is 8.65. The molecule has 0 amide bonds. The molecule has 1 fully saturated rings. The molecular formula is C24H28ClN5O4S. The first-order valence-electron chi connectivity index (χ1n) is 11.2. The van der Waals surface area contributed by atoms with Gasteiger partial charge >= 0.3 is 5.97 Å². The minimum Gasteiger partial charge on any atom is -0.468 e. The summed E-state index contributed by atoms with van der Waals surface area (Å²) in [6.45, 7) is 3.44. The highest BCUT2D eigenvalue weighted by Gasteiger charge is 2.40. The number of ether oxygens (including phenoxy) is 1. The average molecular weight is 518 g/mol. The minimum atomic E-state index is -3.76. The Morgan fingerprint density at radius 3 is 2.40 bits per heavy atom. The van der Waals surface area contributed by atoms with E-state index in [0.717, 1.165) is 11.1 Å². The molecule has 1 aromatic heterocycles. The van der Waals surface area contributed by atoms with Gasteiger partial charge in [-0.1, -0.05) is 58.8 Å². The van der Waals surface area contributed by atoms with E-state index in [2.05, 4.69) is 10.3 Å². The molecule has 9 nitrogen and oxygen atoms in total. The van der Waals surface area contributed by atoms with Crippen LogP contribution in [0.25, 0.3) is 0 Å². The van der Waals surface area contributed by atoms with Crippen molar-refractivity contribution in [2.24, 2.45) is 0 Å². The number of methoxy groups -OCH3 is 1. The number of esters is 1. The summed E-state index contributed by atoms with van der Waals surface area (Å²) >= 11 is 5.98. The Morgan fingerprint density at radius 2 is 1.71 bits per heavy atom. The van der Waals surface area contributed by atoms with E-state index in [-0.39, 0.29) is 25.4 Å². The molecule has 3 aromatic rings. The van der Waals surface area contributed by atoms with E-state index in [1.165, 1.54) is 17.0 Å². The van der Waals surface area contributed by atoms with Gasteiger partial charge in [-0.2, -0.15) is 4.31 Å². The van der Waals surface area contributed by atoms with Gasteiger partial charge in [-0.05, 0) is 30.2 Å². The number of aryl methyl sites for hydroxylation is 1. The number of aromatic nitrogens is 3. The first kappa shape index (κ1) is 25.3. The van der Waals surface area contributed by atoms with Gasteiger partial charge in [0.1, 0.15) is 6.04 Å². The summed E-state index contributed by atoms with van der Waals surface area (Å²) in [6.07, 6.45) is 1.71. The van der Waals surface area contributed by atoms with Gasteiger partial charge in [0.05, 0.1) is 37.8 Å². The van der Waals surface area contributed by atoms with Gasteiger partial charge < -0.3 is 4.74 Å². The standard InChI is InChI=1S/C24H28ClN5O4S/c1-18-3-5-20(6-4-18)14-29-15-22(26-27-29)16-30-23(24(31)34-2)17-28(11-12-35(30,32)33)13-19-7-9-21(25)10-8-19/h3-10,15,23H,11-14,16-17H2,1-2H3. The Kier molecular flexibility index (Phi) is 7.85. The third-order valence-electron chi connectivity index (χ3n) is 5.96. The molecule has 0 aliphatic carbocycles. The fourth-order valence-corrected chi connectivity index (χ4v) is 5.76. The number of hydrogen-bond acceptors (Lipinski definition) is 7. The van der Waals surface area contributed by atoms with Crippen molar-refractivity contribution in [3.05, 3.63) is 82.1 Å². The molecular weight excluding hydrogens is 490 g/mol. The van der Waals surface area contributed by atoms with Crippen molar-refractivity contribution in [2.75, 3.05) is 26.0 Å². The Hall–Kier alpha value is -2.79. The largest absolute Gasteiger partial charge is 0.468 e. The molecule has 0 saturated carbocycles. The molecule has 0 bridgehead atoms. The third-order valence-corrected chi connectivity index (χ3v) is 8.01. The highest BCUT2D eigenvalue weighted by atomic mass is 35.5. The van der Waals surface area contributed by atoms with Crippen molar-refractivity contribution in [1.82, 2.24) is 24.2 Å². The van der Waals surface area contributed by atoms with Crippen molar-refractivity contribution in [1.29, 1.82) is 0 Å². The van der Waals surface area contributed by atoms with E-state index in [9.17, 15) is 13.2 Å². The predicted octanol–water partition coefficient (Wildman–Crippen LogP) is 2.48. The Balaban J connectivity index is 1.53. The fraction of sp³-hybridized carbons (Fsp3) is 0.375. The van der Waals surface area contributed by atoms with Crippen LogP contribution in [-0.4, -0.2) is 70.6 Å². The average Bonchev–Trinajstić information content (AvgIpc) is 3.24. The Morgan fingerprint density at radius 1 is 1.06 bits per heavy atom. The Labute approximate surface area is 210 Å². The lowest BCUT2D eigenvalue weighted by molar-refractivity contribution is -0.145. The summed E-state index contributed by atoms with van der Waals surface area (Å²) < 4.78 is 34.3. The first-order valence-corrected chi connectivity index (χ1v) is 13.2. The highest BCUT2D eigenvalue weighted by molar-refractivity contribution is 7.89. The molecule has 1 unspecified atom stereocenters. The molecule has 1 atom stereocenters. The van der Waals surface area contributed by atoms with Gasteiger partial charge in [0.2, 0.25) is 10.0 Å². The van der Waals surface area contributed by atoms with Gasteiger partial charge in [0.25, 0.3) is 0 Å². The zero-order chi connectivity index (χ0) is 25.0. The minimum absolute atomic E-state index is 0.0647. The normalized spacial score (nSPS) is 18.8. The van der Waals surface area contributed by atoms with Gasteiger partial charge in [0.15, 0.2) is 0 Å². The highest BCUT2D eigenvalue weighted by Crippen LogP contribution is 2.21. The zero-order valence-electron chi connectivity index (χ0n) is 19.7. The fourth-order valence-electron chi connectivity index (χ4n) is 4.04. The third kappa shape index (κ3) is 6.46. The van der Waals surface area contributed by atoms with Crippen molar-refractivity contribution in [3.8, 4) is 0 Å². The van der Waals surface area contributed by atoms with Gasteiger partial charge in [-0.25, -0.2) is 13.1 Å². The number of carbonyl (C=O) groups is 1. The van der Waals surface area contributed by atoms with Crippen molar-refractivity contribution >= 4 is 27.6 Å². The van der Waals surface area contributed by atoms with Crippen LogP contribution in [0.3, 0.4) is 0 Å². The summed E-state index contributed by atoms with van der Waals surface area (Å²) in [5.74, 6) is -0.727. The van der Waals surface area contributed by atoms with Crippen LogP contribution in [0.2, 0.25) is 5.02 Å². The molecule has 4 rings (SSSR count). The van der Waals surface area contributed by atoms with Crippen LogP contribution in [0.1, 0.15) is 22.4 Å². The SMILES string of the molecule is COC(=O)C1CN(Cc2ccc(Cl)cc2)CCS(=O)(=O)N1Cc1cn(Cc2ccc(C)cc2)nn1. The molecule has 0 radical (unpaired) electrons. The maximum Gasteiger partial charge on any atom is 0.325 e. The summed E-state index contributed by atoms with van der Waals surface area (Å²) in [5.41, 5.74) is 3.65. The second-order valence-corrected chi connectivity index (χ2v) is 11.1. The number of nitrogens with zero attached hydrogens (tertiary/aromatic N) is 5. The van der Waals surface area contributed by atoms with E-state index < -0.39 is 22.0 Å². The number of rotatable bonds is 7. The second kappa shape index (κ2) is 10.9. The molecule has 2 aromatic carbocycles. The lowest BCUT2D eigenvalue weighted by atomic mass is 10.1. The number of sulfonamides is 1. The maximum atomic E-state index is 13.2. The molecule has 11 heteroatoms. The molecule has 35 heavy (non-hydrogen) atoms. The van der Waals surface area contributed by atoms with Crippen molar-refractivity contribution in [3.63, 3.8) is 0 Å². The summed E-state index contributed by atoms with van der Waals surface area (Å²) in [7, 11) is -2.49. The Bertz CT molecular complexity index is 1260. The van der Waals surface area contributed by atoms with E-state index in [0.29, 0.717) is 23.8 Å². The summed E-state index contributed by atoms with van der Waals surface area (Å²) in [4.78, 5) is 14.7. The smallest absolute Gasteiger partial charge is 0.325 e. The van der Waals surface area contributed by atoms with Crippen LogP contribution in [0.15, 0.2) is 54.7 Å². The molecule has 1 aliphatic heterocycles. The molecule has 186 valence electrons. The number of hydrogen-bond donors (Lipinski definition) is 0. The van der Waals surface area contributed by atoms with E-state index in [1.54, 1.807) is 23.0 Å². The molecule has 1 aliphatic rings. The van der Waals surface area contributed by atoms with Gasteiger partial charge in [-0.15, -0.1) is 5.10 Å². The number of carbonyl (C=O) groups excluding carboxylic acids is 1. The van der Waals surface area contributed by atoms with Crippen LogP contribution in [0, 0.1) is 6.92 Å². The zero-order valence-corrected chi connectivity index (χ0v) is 21.2.